The van der Waals surface area contributed by atoms with E-state index in [-0.39, 0.29) is 10.6 Å². The van der Waals surface area contributed by atoms with Gasteiger partial charge >= 0.3 is 5.97 Å². The molecule has 7 heteroatoms. The average molecular weight is 349 g/mol. The summed E-state index contributed by atoms with van der Waals surface area (Å²) >= 11 is 7.34. The van der Waals surface area contributed by atoms with Gasteiger partial charge in [-0.15, -0.1) is 0 Å². The number of hydrogen-bond acceptors (Lipinski definition) is 5. The number of thiazole rings is 1. The van der Waals surface area contributed by atoms with Crippen molar-refractivity contribution in [2.45, 2.75) is 6.92 Å². The van der Waals surface area contributed by atoms with Crippen molar-refractivity contribution in [3.05, 3.63) is 47.0 Å². The first kappa shape index (κ1) is 15.6. The molecule has 0 spiro atoms. The molecule has 2 N–H and O–H groups in total. The largest absolute Gasteiger partial charge is 0.494 e. The number of anilines is 2. The van der Waals surface area contributed by atoms with Crippen molar-refractivity contribution < 1.29 is 14.6 Å². The number of aromatic nitrogens is 1. The van der Waals surface area contributed by atoms with Gasteiger partial charge in [0, 0.05) is 5.69 Å². The highest BCUT2D eigenvalue weighted by Crippen LogP contribution is 2.31. The lowest BCUT2D eigenvalue weighted by atomic mass is 10.2. The summed E-state index contributed by atoms with van der Waals surface area (Å²) in [6.45, 7) is 2.54. The Kier molecular flexibility index (Phi) is 4.36. The fourth-order valence-electron chi connectivity index (χ4n) is 2.11. The fraction of sp³-hybridized carbons (Fsp3) is 0.125. The Bertz CT molecular complexity index is 879. The van der Waals surface area contributed by atoms with Crippen LogP contribution in [0.15, 0.2) is 36.4 Å². The van der Waals surface area contributed by atoms with E-state index in [9.17, 15) is 4.79 Å². The molecule has 0 aliphatic heterocycles. The lowest BCUT2D eigenvalue weighted by Crippen LogP contribution is -1.99. The van der Waals surface area contributed by atoms with E-state index in [0.717, 1.165) is 16.0 Å². The molecule has 0 aliphatic carbocycles. The molecule has 1 heterocycles. The van der Waals surface area contributed by atoms with E-state index in [4.69, 9.17) is 21.4 Å². The topological polar surface area (TPSA) is 71.5 Å². The Hall–Kier alpha value is -2.31. The number of carboxylic acids is 1. The summed E-state index contributed by atoms with van der Waals surface area (Å²) < 4.78 is 6.47. The predicted molar refractivity (Wildman–Crippen MR) is 92.5 cm³/mol. The molecule has 118 valence electrons. The SMILES string of the molecule is CCOc1ccc2nc(Nc3ccc(Cl)c(C(=O)O)c3)sc2c1. The van der Waals surface area contributed by atoms with Gasteiger partial charge in [-0.2, -0.15) is 0 Å². The second-order valence-electron chi connectivity index (χ2n) is 4.71. The second-order valence-corrected chi connectivity index (χ2v) is 6.14. The third kappa shape index (κ3) is 3.38. The van der Waals surface area contributed by atoms with Crippen LogP contribution in [-0.2, 0) is 0 Å². The predicted octanol–water partition coefficient (Wildman–Crippen LogP) is 4.79. The standard InChI is InChI=1S/C16H13ClN2O3S/c1-2-22-10-4-6-13-14(8-10)23-16(19-13)18-9-3-5-12(17)11(7-9)15(20)21/h3-8H,2H2,1H3,(H,18,19)(H,20,21). The Morgan fingerprint density at radius 3 is 2.91 bits per heavy atom. The molecule has 1 aromatic heterocycles. The normalized spacial score (nSPS) is 10.7. The van der Waals surface area contributed by atoms with Gasteiger partial charge in [0.25, 0.3) is 0 Å². The van der Waals surface area contributed by atoms with Gasteiger partial charge in [0.1, 0.15) is 5.75 Å². The van der Waals surface area contributed by atoms with Crippen molar-refractivity contribution >= 4 is 49.9 Å². The zero-order valence-corrected chi connectivity index (χ0v) is 13.7. The molecule has 0 bridgehead atoms. The van der Waals surface area contributed by atoms with Crippen molar-refractivity contribution in [3.8, 4) is 5.75 Å². The number of nitrogens with zero attached hydrogens (tertiary/aromatic N) is 1. The molecule has 0 fully saturated rings. The van der Waals surface area contributed by atoms with E-state index in [0.29, 0.717) is 17.4 Å². The first-order valence-electron chi connectivity index (χ1n) is 6.90. The van der Waals surface area contributed by atoms with Gasteiger partial charge < -0.3 is 15.2 Å². The number of carboxylic acid groups (broad SMARTS) is 1. The number of nitrogens with one attached hydrogen (secondary N) is 1. The third-order valence-electron chi connectivity index (χ3n) is 3.12. The molecule has 0 saturated carbocycles. The smallest absolute Gasteiger partial charge is 0.337 e. The third-order valence-corrected chi connectivity index (χ3v) is 4.38. The Morgan fingerprint density at radius 2 is 2.17 bits per heavy atom. The number of hydrogen-bond donors (Lipinski definition) is 2. The van der Waals surface area contributed by atoms with E-state index < -0.39 is 5.97 Å². The number of carbonyl (C=O) groups is 1. The summed E-state index contributed by atoms with van der Waals surface area (Å²) in [6, 6.07) is 10.5. The Balaban J connectivity index is 1.89. The maximum Gasteiger partial charge on any atom is 0.337 e. The zero-order chi connectivity index (χ0) is 16.4. The van der Waals surface area contributed by atoms with Crippen LogP contribution in [0.2, 0.25) is 5.02 Å². The summed E-state index contributed by atoms with van der Waals surface area (Å²) in [4.78, 5) is 15.6. The van der Waals surface area contributed by atoms with Crippen LogP contribution in [0, 0.1) is 0 Å². The van der Waals surface area contributed by atoms with Gasteiger partial charge in [-0.05, 0) is 43.3 Å². The highest BCUT2D eigenvalue weighted by atomic mass is 35.5. The molecule has 3 rings (SSSR count). The monoisotopic (exact) mass is 348 g/mol. The molecule has 3 aromatic rings. The lowest BCUT2D eigenvalue weighted by Gasteiger charge is -2.05. The highest BCUT2D eigenvalue weighted by molar-refractivity contribution is 7.22. The molecule has 0 radical (unpaired) electrons. The quantitative estimate of drug-likeness (QED) is 0.693. The lowest BCUT2D eigenvalue weighted by molar-refractivity contribution is 0.0697. The van der Waals surface area contributed by atoms with Crippen molar-refractivity contribution in [1.29, 1.82) is 0 Å². The van der Waals surface area contributed by atoms with Crippen LogP contribution >= 0.6 is 22.9 Å². The van der Waals surface area contributed by atoms with Gasteiger partial charge in [-0.25, -0.2) is 9.78 Å². The minimum absolute atomic E-state index is 0.0522. The van der Waals surface area contributed by atoms with E-state index in [2.05, 4.69) is 10.3 Å². The van der Waals surface area contributed by atoms with Gasteiger partial charge in [0.2, 0.25) is 0 Å². The molecular formula is C16H13ClN2O3S. The first-order valence-corrected chi connectivity index (χ1v) is 8.09. The second kappa shape index (κ2) is 6.44. The van der Waals surface area contributed by atoms with Gasteiger partial charge in [0.15, 0.2) is 5.13 Å². The average Bonchev–Trinajstić information content (AvgIpc) is 2.91. The molecule has 0 amide bonds. The summed E-state index contributed by atoms with van der Waals surface area (Å²) in [7, 11) is 0. The van der Waals surface area contributed by atoms with E-state index in [1.807, 2.05) is 25.1 Å². The van der Waals surface area contributed by atoms with Crippen LogP contribution in [0.4, 0.5) is 10.8 Å². The van der Waals surface area contributed by atoms with E-state index >= 15 is 0 Å². The molecule has 2 aromatic carbocycles. The van der Waals surface area contributed by atoms with Crippen molar-refractivity contribution in [3.63, 3.8) is 0 Å². The molecule has 23 heavy (non-hydrogen) atoms. The number of fused-ring (bicyclic) bond motifs is 1. The molecule has 5 nitrogen and oxygen atoms in total. The van der Waals surface area contributed by atoms with Crippen LogP contribution in [0.5, 0.6) is 5.75 Å². The molecule has 0 atom stereocenters. The van der Waals surface area contributed by atoms with Crippen molar-refractivity contribution in [1.82, 2.24) is 4.98 Å². The molecule has 0 saturated heterocycles. The maximum atomic E-state index is 11.1. The summed E-state index contributed by atoms with van der Waals surface area (Å²) in [5.41, 5.74) is 1.53. The van der Waals surface area contributed by atoms with E-state index in [1.54, 1.807) is 12.1 Å². The first-order chi connectivity index (χ1) is 11.1. The summed E-state index contributed by atoms with van der Waals surface area (Å²) in [5.74, 6) is -0.265. The highest BCUT2D eigenvalue weighted by Gasteiger charge is 2.11. The number of aromatic carboxylic acids is 1. The number of halogens is 1. The maximum absolute atomic E-state index is 11.1. The zero-order valence-electron chi connectivity index (χ0n) is 12.2. The van der Waals surface area contributed by atoms with Gasteiger partial charge in [-0.3, -0.25) is 0 Å². The van der Waals surface area contributed by atoms with Crippen molar-refractivity contribution in [2.75, 3.05) is 11.9 Å². The van der Waals surface area contributed by atoms with Crippen LogP contribution in [0.1, 0.15) is 17.3 Å². The summed E-state index contributed by atoms with van der Waals surface area (Å²) in [5, 5.41) is 13.1. The molecule has 0 aliphatic rings. The Labute approximate surface area is 141 Å². The van der Waals surface area contributed by atoms with Gasteiger partial charge in [0.05, 0.1) is 27.4 Å². The number of benzene rings is 2. The van der Waals surface area contributed by atoms with Gasteiger partial charge in [-0.1, -0.05) is 22.9 Å². The molecular weight excluding hydrogens is 336 g/mol. The number of ether oxygens (including phenoxy) is 1. The minimum atomic E-state index is -1.07. The molecule has 0 unspecified atom stereocenters. The minimum Gasteiger partial charge on any atom is -0.494 e. The van der Waals surface area contributed by atoms with Crippen LogP contribution in [0.3, 0.4) is 0 Å². The van der Waals surface area contributed by atoms with E-state index in [1.165, 1.54) is 17.4 Å². The summed E-state index contributed by atoms with van der Waals surface area (Å²) in [6.07, 6.45) is 0. The fourth-order valence-corrected chi connectivity index (χ4v) is 3.22. The van der Waals surface area contributed by atoms with Crippen LogP contribution in [0.25, 0.3) is 10.2 Å². The Morgan fingerprint density at radius 1 is 1.35 bits per heavy atom. The van der Waals surface area contributed by atoms with Crippen molar-refractivity contribution in [2.24, 2.45) is 0 Å². The van der Waals surface area contributed by atoms with Crippen LogP contribution < -0.4 is 10.1 Å². The number of rotatable bonds is 5. The van der Waals surface area contributed by atoms with Crippen LogP contribution in [-0.4, -0.2) is 22.7 Å².